The summed E-state index contributed by atoms with van der Waals surface area (Å²) in [6.07, 6.45) is 1.18. The van der Waals surface area contributed by atoms with Crippen LogP contribution in [0.5, 0.6) is 0 Å². The van der Waals surface area contributed by atoms with Crippen LogP contribution in [0.15, 0.2) is 48.6 Å². The van der Waals surface area contributed by atoms with Crippen molar-refractivity contribution in [3.05, 3.63) is 48.6 Å². The van der Waals surface area contributed by atoms with E-state index in [1.165, 1.54) is 28.7 Å². The molecule has 3 aliphatic carbocycles. The monoisotopic (exact) mass is 172 g/mol. The molecule has 0 unspecified atom stereocenters. The zero-order valence-corrected chi connectivity index (χ0v) is 8.27. The van der Waals surface area contributed by atoms with E-state index in [9.17, 15) is 0 Å². The lowest BCUT2D eigenvalue weighted by atomic mass is 9.57. The summed E-state index contributed by atoms with van der Waals surface area (Å²) in [7, 11) is 0. The third kappa shape index (κ3) is 0.918. The molecule has 0 saturated heterocycles. The molecule has 0 aromatic rings. The van der Waals surface area contributed by atoms with Crippen LogP contribution in [0, 0.1) is 17.8 Å². The van der Waals surface area contributed by atoms with Gasteiger partial charge in [-0.15, -0.1) is 0 Å². The van der Waals surface area contributed by atoms with Crippen LogP contribution in [0.1, 0.15) is 13.3 Å². The SMILES string of the molecule is C=C1C(=C)C2C(=C)C(=C)C1C[C@@H]2C. The van der Waals surface area contributed by atoms with E-state index >= 15 is 0 Å². The minimum Gasteiger partial charge on any atom is -0.0949 e. The summed E-state index contributed by atoms with van der Waals surface area (Å²) in [6.45, 7) is 18.7. The first-order chi connectivity index (χ1) is 6.04. The van der Waals surface area contributed by atoms with Gasteiger partial charge in [-0.25, -0.2) is 0 Å². The summed E-state index contributed by atoms with van der Waals surface area (Å²) in [6, 6.07) is 0. The second-order valence-corrected chi connectivity index (χ2v) is 4.34. The lowest BCUT2D eigenvalue weighted by molar-refractivity contribution is 0.323. The highest BCUT2D eigenvalue weighted by Gasteiger charge is 2.42. The molecule has 3 rings (SSSR count). The number of fused-ring (bicyclic) bond motifs is 3. The summed E-state index contributed by atoms with van der Waals surface area (Å²) in [5.41, 5.74) is 4.78. The average molecular weight is 172 g/mol. The molecule has 0 nitrogen and oxygen atoms in total. The van der Waals surface area contributed by atoms with Crippen molar-refractivity contribution in [2.24, 2.45) is 17.8 Å². The van der Waals surface area contributed by atoms with Gasteiger partial charge in [0.1, 0.15) is 0 Å². The smallest absolute Gasteiger partial charge is 0.0109 e. The van der Waals surface area contributed by atoms with E-state index in [1.54, 1.807) is 0 Å². The maximum Gasteiger partial charge on any atom is 0.0109 e. The van der Waals surface area contributed by atoms with Crippen LogP contribution in [0.4, 0.5) is 0 Å². The minimum atomic E-state index is 0.421. The second-order valence-electron chi connectivity index (χ2n) is 4.34. The summed E-state index contributed by atoms with van der Waals surface area (Å²) >= 11 is 0. The Morgan fingerprint density at radius 1 is 0.923 bits per heavy atom. The molecule has 0 heterocycles. The molecule has 0 amide bonds. The van der Waals surface area contributed by atoms with Crippen molar-refractivity contribution < 1.29 is 0 Å². The molecule has 0 heteroatoms. The van der Waals surface area contributed by atoms with Crippen molar-refractivity contribution in [2.45, 2.75) is 13.3 Å². The molecule has 13 heavy (non-hydrogen) atoms. The number of allylic oxidation sites excluding steroid dienone is 4. The largest absolute Gasteiger partial charge is 0.0949 e. The lowest BCUT2D eigenvalue weighted by Crippen LogP contribution is -2.36. The van der Waals surface area contributed by atoms with Gasteiger partial charge in [-0.05, 0) is 34.6 Å². The van der Waals surface area contributed by atoms with Crippen LogP contribution < -0.4 is 0 Å². The molecule has 0 aromatic carbocycles. The second kappa shape index (κ2) is 2.47. The normalized spacial score (nSPS) is 38.7. The van der Waals surface area contributed by atoms with Crippen LogP contribution in [0.25, 0.3) is 0 Å². The Hall–Kier alpha value is -1.04. The predicted molar refractivity (Wildman–Crippen MR) is 57.3 cm³/mol. The van der Waals surface area contributed by atoms with Gasteiger partial charge in [0.15, 0.2) is 0 Å². The van der Waals surface area contributed by atoms with Crippen molar-refractivity contribution in [3.63, 3.8) is 0 Å². The molecule has 3 saturated carbocycles. The van der Waals surface area contributed by atoms with E-state index in [0.717, 1.165) is 0 Å². The maximum atomic E-state index is 4.11. The first-order valence-electron chi connectivity index (χ1n) is 4.80. The fraction of sp³-hybridized carbons (Fsp3) is 0.385. The first-order valence-corrected chi connectivity index (χ1v) is 4.80. The van der Waals surface area contributed by atoms with E-state index in [1.807, 2.05) is 0 Å². The zero-order valence-electron chi connectivity index (χ0n) is 8.27. The Kier molecular flexibility index (Phi) is 1.63. The van der Waals surface area contributed by atoms with Crippen molar-refractivity contribution in [1.29, 1.82) is 0 Å². The third-order valence-electron chi connectivity index (χ3n) is 3.59. The van der Waals surface area contributed by atoms with Crippen molar-refractivity contribution in [2.75, 3.05) is 0 Å². The molecular formula is C13H16. The molecule has 2 bridgehead atoms. The zero-order chi connectivity index (χ0) is 9.75. The molecule has 0 spiro atoms. The van der Waals surface area contributed by atoms with Crippen LogP contribution in [0.2, 0.25) is 0 Å². The van der Waals surface area contributed by atoms with Gasteiger partial charge in [-0.3, -0.25) is 0 Å². The first kappa shape index (κ1) is 8.55. The van der Waals surface area contributed by atoms with Gasteiger partial charge < -0.3 is 0 Å². The molecule has 0 N–H and O–H groups in total. The van der Waals surface area contributed by atoms with Gasteiger partial charge in [-0.1, -0.05) is 33.2 Å². The Morgan fingerprint density at radius 2 is 1.38 bits per heavy atom. The summed E-state index contributed by atoms with van der Waals surface area (Å²) in [4.78, 5) is 0. The van der Waals surface area contributed by atoms with Gasteiger partial charge in [0.25, 0.3) is 0 Å². The standard InChI is InChI=1S/C13H16/c1-7-6-12-8(2)10(4)13(7)11(5)9(12)3/h7,12-13H,2-6H2,1H3/t7-,12?,13?/m0/s1. The Labute approximate surface area is 80.3 Å². The molecule has 3 aliphatic rings. The highest BCUT2D eigenvalue weighted by Crippen LogP contribution is 2.54. The summed E-state index contributed by atoms with van der Waals surface area (Å²) in [5, 5.41) is 0. The number of hydrogen-bond acceptors (Lipinski definition) is 0. The van der Waals surface area contributed by atoms with Crippen LogP contribution >= 0.6 is 0 Å². The number of hydrogen-bond donors (Lipinski definition) is 0. The quantitative estimate of drug-likeness (QED) is 0.524. The Balaban J connectivity index is 2.50. The van der Waals surface area contributed by atoms with Crippen molar-refractivity contribution in [3.8, 4) is 0 Å². The van der Waals surface area contributed by atoms with Crippen molar-refractivity contribution >= 4 is 0 Å². The van der Waals surface area contributed by atoms with Gasteiger partial charge in [-0.2, -0.15) is 0 Å². The van der Waals surface area contributed by atoms with E-state index in [4.69, 9.17) is 0 Å². The fourth-order valence-electron chi connectivity index (χ4n) is 2.75. The topological polar surface area (TPSA) is 0 Å². The van der Waals surface area contributed by atoms with Crippen LogP contribution in [-0.4, -0.2) is 0 Å². The Morgan fingerprint density at radius 3 is 1.77 bits per heavy atom. The molecule has 0 radical (unpaired) electrons. The van der Waals surface area contributed by atoms with Crippen molar-refractivity contribution in [1.82, 2.24) is 0 Å². The predicted octanol–water partition coefficient (Wildman–Crippen LogP) is 3.50. The summed E-state index contributed by atoms with van der Waals surface area (Å²) < 4.78 is 0. The van der Waals surface area contributed by atoms with Gasteiger partial charge in [0.2, 0.25) is 0 Å². The van der Waals surface area contributed by atoms with E-state index in [2.05, 4.69) is 33.2 Å². The van der Waals surface area contributed by atoms with E-state index < -0.39 is 0 Å². The molecule has 1 atom stereocenters. The molecule has 3 fully saturated rings. The van der Waals surface area contributed by atoms with Gasteiger partial charge >= 0.3 is 0 Å². The van der Waals surface area contributed by atoms with E-state index in [0.29, 0.717) is 17.8 Å². The summed E-state index contributed by atoms with van der Waals surface area (Å²) in [5.74, 6) is 1.52. The molecule has 0 aliphatic heterocycles. The molecular weight excluding hydrogens is 156 g/mol. The highest BCUT2D eigenvalue weighted by molar-refractivity contribution is 5.54. The van der Waals surface area contributed by atoms with E-state index in [-0.39, 0.29) is 0 Å². The molecule has 0 aromatic heterocycles. The minimum absolute atomic E-state index is 0.421. The molecule has 68 valence electrons. The lowest BCUT2D eigenvalue weighted by Gasteiger charge is -2.47. The highest BCUT2D eigenvalue weighted by atomic mass is 14.5. The fourth-order valence-corrected chi connectivity index (χ4v) is 2.75. The van der Waals surface area contributed by atoms with Gasteiger partial charge in [0.05, 0.1) is 0 Å². The van der Waals surface area contributed by atoms with Crippen LogP contribution in [-0.2, 0) is 0 Å². The maximum absolute atomic E-state index is 4.11. The van der Waals surface area contributed by atoms with Gasteiger partial charge in [0, 0.05) is 11.8 Å². The Bertz CT molecular complexity index is 302. The average Bonchev–Trinajstić information content (AvgIpc) is 2.07. The van der Waals surface area contributed by atoms with Crippen LogP contribution in [0.3, 0.4) is 0 Å². The third-order valence-corrected chi connectivity index (χ3v) is 3.59. The number of rotatable bonds is 0.